The van der Waals surface area contributed by atoms with Crippen molar-refractivity contribution in [3.05, 3.63) is 29.6 Å². The van der Waals surface area contributed by atoms with Gasteiger partial charge in [0.1, 0.15) is 0 Å². The molecule has 19 heavy (non-hydrogen) atoms. The molecular weight excluding hydrogens is 260 g/mol. The van der Waals surface area contributed by atoms with Gasteiger partial charge in [-0.1, -0.05) is 13.0 Å². The minimum absolute atomic E-state index is 0.0924. The zero-order valence-corrected chi connectivity index (χ0v) is 13.0. The monoisotopic (exact) mass is 284 g/mol. The average molecular weight is 284 g/mol. The predicted octanol–water partition coefficient (Wildman–Crippen LogP) is 1.73. The van der Waals surface area contributed by atoms with E-state index in [9.17, 15) is 8.42 Å². The minimum Gasteiger partial charge on any atom is -0.312 e. The summed E-state index contributed by atoms with van der Waals surface area (Å²) in [5.41, 5.74) is 2.03. The molecule has 1 aromatic heterocycles. The van der Waals surface area contributed by atoms with Crippen molar-refractivity contribution >= 4 is 9.84 Å². The highest BCUT2D eigenvalue weighted by Crippen LogP contribution is 2.11. The Morgan fingerprint density at radius 1 is 1.37 bits per heavy atom. The molecule has 0 fully saturated rings. The fourth-order valence-electron chi connectivity index (χ4n) is 1.88. The van der Waals surface area contributed by atoms with E-state index in [-0.39, 0.29) is 6.04 Å². The zero-order valence-electron chi connectivity index (χ0n) is 12.2. The van der Waals surface area contributed by atoms with Gasteiger partial charge in [-0.15, -0.1) is 0 Å². The largest absolute Gasteiger partial charge is 0.312 e. The molecule has 0 saturated carbocycles. The van der Waals surface area contributed by atoms with Gasteiger partial charge in [0, 0.05) is 30.6 Å². The van der Waals surface area contributed by atoms with Crippen molar-refractivity contribution in [3.8, 4) is 0 Å². The van der Waals surface area contributed by atoms with E-state index in [0.29, 0.717) is 6.42 Å². The normalized spacial score (nSPS) is 15.2. The van der Waals surface area contributed by atoms with E-state index in [4.69, 9.17) is 0 Å². The number of aryl methyl sites for hydroxylation is 1. The molecule has 0 aliphatic heterocycles. The van der Waals surface area contributed by atoms with Gasteiger partial charge in [-0.2, -0.15) is 0 Å². The number of hydrogen-bond donors (Lipinski definition) is 1. The summed E-state index contributed by atoms with van der Waals surface area (Å²) in [5.74, 6) is 0. The van der Waals surface area contributed by atoms with Crippen molar-refractivity contribution in [2.75, 3.05) is 12.8 Å². The fraction of sp³-hybridized carbons (Fsp3) is 0.643. The van der Waals surface area contributed by atoms with Crippen molar-refractivity contribution in [1.29, 1.82) is 0 Å². The molecule has 1 rings (SSSR count). The molecule has 0 bridgehead atoms. The maximum absolute atomic E-state index is 11.7. The second kappa shape index (κ2) is 7.01. The topological polar surface area (TPSA) is 59.1 Å². The summed E-state index contributed by atoms with van der Waals surface area (Å²) < 4.78 is 23.4. The molecular formula is C14H24N2O2S. The molecule has 0 aliphatic carbocycles. The number of aromatic nitrogens is 1. The highest BCUT2D eigenvalue weighted by atomic mass is 32.2. The van der Waals surface area contributed by atoms with Gasteiger partial charge in [0.05, 0.1) is 5.25 Å². The van der Waals surface area contributed by atoms with Crippen LogP contribution in [0.1, 0.15) is 31.5 Å². The average Bonchev–Trinajstić information content (AvgIpc) is 2.35. The summed E-state index contributed by atoms with van der Waals surface area (Å²) in [6, 6.07) is 3.88. The third kappa shape index (κ3) is 5.28. The fourth-order valence-corrected chi connectivity index (χ4v) is 2.67. The highest BCUT2D eigenvalue weighted by Gasteiger charge is 2.25. The van der Waals surface area contributed by atoms with E-state index in [1.165, 1.54) is 6.26 Å². The second-order valence-corrected chi connectivity index (χ2v) is 7.53. The van der Waals surface area contributed by atoms with Crippen LogP contribution in [0.25, 0.3) is 0 Å². The van der Waals surface area contributed by atoms with E-state index in [1.807, 2.05) is 25.3 Å². The summed E-state index contributed by atoms with van der Waals surface area (Å²) in [4.78, 5) is 4.36. The quantitative estimate of drug-likeness (QED) is 0.828. The third-order valence-corrected chi connectivity index (χ3v) is 4.98. The Morgan fingerprint density at radius 3 is 2.53 bits per heavy atom. The molecule has 1 aromatic rings. The number of sulfone groups is 1. The molecule has 0 aliphatic rings. The van der Waals surface area contributed by atoms with Gasteiger partial charge in [0.25, 0.3) is 0 Å². The lowest BCUT2D eigenvalue weighted by Crippen LogP contribution is -2.44. The van der Waals surface area contributed by atoms with Crippen LogP contribution in [0.5, 0.6) is 0 Å². The van der Waals surface area contributed by atoms with Crippen LogP contribution in [0, 0.1) is 6.92 Å². The number of nitrogens with zero attached hydrogens (tertiary/aromatic N) is 1. The first kappa shape index (κ1) is 16.1. The van der Waals surface area contributed by atoms with E-state index >= 15 is 0 Å². The SMILES string of the molecule is CCCNC(Cc1ccc(C)cn1)C(C)S(C)(=O)=O. The van der Waals surface area contributed by atoms with E-state index in [1.54, 1.807) is 6.92 Å². The highest BCUT2D eigenvalue weighted by molar-refractivity contribution is 7.91. The Morgan fingerprint density at radius 2 is 2.05 bits per heavy atom. The molecule has 108 valence electrons. The van der Waals surface area contributed by atoms with Crippen LogP contribution in [0.4, 0.5) is 0 Å². The van der Waals surface area contributed by atoms with Gasteiger partial charge in [-0.05, 0) is 38.4 Å². The van der Waals surface area contributed by atoms with Crippen molar-refractivity contribution < 1.29 is 8.42 Å². The molecule has 2 atom stereocenters. The lowest BCUT2D eigenvalue weighted by Gasteiger charge is -2.23. The number of rotatable bonds is 7. The van der Waals surface area contributed by atoms with E-state index < -0.39 is 15.1 Å². The van der Waals surface area contributed by atoms with Gasteiger partial charge in [-0.3, -0.25) is 4.98 Å². The van der Waals surface area contributed by atoms with Crippen LogP contribution in [-0.4, -0.2) is 37.5 Å². The molecule has 1 heterocycles. The summed E-state index contributed by atoms with van der Waals surface area (Å²) in [6.07, 6.45) is 4.72. The summed E-state index contributed by atoms with van der Waals surface area (Å²) >= 11 is 0. The summed E-state index contributed by atoms with van der Waals surface area (Å²) in [6.45, 7) is 6.63. The van der Waals surface area contributed by atoms with Crippen LogP contribution in [0.2, 0.25) is 0 Å². The maximum Gasteiger partial charge on any atom is 0.151 e. The van der Waals surface area contributed by atoms with Crippen LogP contribution in [0.3, 0.4) is 0 Å². The molecule has 0 saturated heterocycles. The molecule has 5 heteroatoms. The Hall–Kier alpha value is -0.940. The first-order chi connectivity index (χ1) is 8.84. The lowest BCUT2D eigenvalue weighted by molar-refractivity contribution is 0.478. The first-order valence-corrected chi connectivity index (χ1v) is 8.63. The van der Waals surface area contributed by atoms with Crippen molar-refractivity contribution in [3.63, 3.8) is 0 Å². The molecule has 0 spiro atoms. The first-order valence-electron chi connectivity index (χ1n) is 6.68. The zero-order chi connectivity index (χ0) is 14.5. The van der Waals surface area contributed by atoms with Crippen LogP contribution < -0.4 is 5.32 Å². The van der Waals surface area contributed by atoms with Crippen molar-refractivity contribution in [1.82, 2.24) is 10.3 Å². The predicted molar refractivity (Wildman–Crippen MR) is 79.1 cm³/mol. The Bertz CT molecular complexity index is 483. The molecule has 1 N–H and O–H groups in total. The Kier molecular flexibility index (Phi) is 5.94. The van der Waals surface area contributed by atoms with Gasteiger partial charge in [0.15, 0.2) is 9.84 Å². The smallest absolute Gasteiger partial charge is 0.151 e. The summed E-state index contributed by atoms with van der Waals surface area (Å²) in [5, 5.41) is 2.90. The van der Waals surface area contributed by atoms with Gasteiger partial charge >= 0.3 is 0 Å². The molecule has 0 amide bonds. The Balaban J connectivity index is 2.82. The van der Waals surface area contributed by atoms with Crippen molar-refractivity contribution in [2.24, 2.45) is 0 Å². The standard InChI is InChI=1S/C14H24N2O2S/c1-5-8-15-14(12(3)19(4,17)18)9-13-7-6-11(2)10-16-13/h6-7,10,12,14-15H,5,8-9H2,1-4H3. The third-order valence-electron chi connectivity index (χ3n) is 3.30. The minimum atomic E-state index is -3.05. The van der Waals surface area contributed by atoms with Gasteiger partial charge < -0.3 is 5.32 Å². The van der Waals surface area contributed by atoms with Crippen molar-refractivity contribution in [2.45, 2.75) is 44.9 Å². The van der Waals surface area contributed by atoms with E-state index in [0.717, 1.165) is 24.2 Å². The molecule has 2 unspecified atom stereocenters. The number of pyridine rings is 1. The molecule has 0 radical (unpaired) electrons. The maximum atomic E-state index is 11.7. The summed E-state index contributed by atoms with van der Waals surface area (Å²) in [7, 11) is -3.05. The number of hydrogen-bond acceptors (Lipinski definition) is 4. The van der Waals surface area contributed by atoms with Crippen LogP contribution >= 0.6 is 0 Å². The number of nitrogens with one attached hydrogen (secondary N) is 1. The van der Waals surface area contributed by atoms with Gasteiger partial charge in [-0.25, -0.2) is 8.42 Å². The van der Waals surface area contributed by atoms with E-state index in [2.05, 4.69) is 17.2 Å². The molecule has 0 aromatic carbocycles. The second-order valence-electron chi connectivity index (χ2n) is 5.13. The van der Waals surface area contributed by atoms with Gasteiger partial charge in [0.2, 0.25) is 0 Å². The lowest BCUT2D eigenvalue weighted by atomic mass is 10.1. The van der Waals surface area contributed by atoms with Crippen LogP contribution in [-0.2, 0) is 16.3 Å². The van der Waals surface area contributed by atoms with Crippen LogP contribution in [0.15, 0.2) is 18.3 Å². The Labute approximate surface area is 116 Å². The molecule has 4 nitrogen and oxygen atoms in total.